The predicted molar refractivity (Wildman–Crippen MR) is 234 cm³/mol. The van der Waals surface area contributed by atoms with E-state index < -0.39 is 0 Å². The molecule has 57 heavy (non-hydrogen) atoms. The molecule has 272 valence electrons. The van der Waals surface area contributed by atoms with Gasteiger partial charge in [0.2, 0.25) is 0 Å². The van der Waals surface area contributed by atoms with Crippen LogP contribution in [0.25, 0.3) is 77.2 Å². The standard InChI is InChI=1S/C53H38N2O2/c1-3-39-32(2)56-52-25-21-35(29-45(39)52)33-19-23-49-43(27-33)40-13-4-7-16-47(40)54(49)37-11-10-12-38(31-37)55-48-17-8-5-14-41(48)44-28-34(20-24-50(44)55)36-22-26-53-46(30-36)42-15-6-9-18-51(42)57-53/h3-32,39,42,51H,1H2,2H3. The maximum absolute atomic E-state index is 6.26. The van der Waals surface area contributed by atoms with Crippen LogP contribution < -0.4 is 9.47 Å². The SMILES string of the molecule is C=CC1c2cc(-c3ccc4c(c3)c3ccccc3n4-c3cccc(-n4c5ccccc5c5cc(-c6ccc7c(c6)C6C=CC=CC6O7)ccc54)c3)ccc2OC1C. The van der Waals surface area contributed by atoms with Gasteiger partial charge in [-0.3, -0.25) is 0 Å². The lowest BCUT2D eigenvalue weighted by Crippen LogP contribution is -2.15. The first-order valence-corrected chi connectivity index (χ1v) is 19.9. The van der Waals surface area contributed by atoms with E-state index in [0.717, 1.165) is 22.9 Å². The van der Waals surface area contributed by atoms with Crippen molar-refractivity contribution in [3.8, 4) is 45.1 Å². The summed E-state index contributed by atoms with van der Waals surface area (Å²) in [6.45, 7) is 6.21. The first kappa shape index (κ1) is 32.2. The number of aromatic nitrogens is 2. The fourth-order valence-electron chi connectivity index (χ4n) is 9.80. The van der Waals surface area contributed by atoms with Crippen LogP contribution in [0.5, 0.6) is 11.5 Å². The van der Waals surface area contributed by atoms with Crippen LogP contribution in [0.1, 0.15) is 29.9 Å². The number of para-hydroxylation sites is 2. The maximum atomic E-state index is 6.26. The Morgan fingerprint density at radius 2 is 1.02 bits per heavy atom. The Kier molecular flexibility index (Phi) is 6.91. The lowest BCUT2D eigenvalue weighted by atomic mass is 9.90. The number of hydrogen-bond acceptors (Lipinski definition) is 2. The van der Waals surface area contributed by atoms with Gasteiger partial charge in [-0.1, -0.05) is 91.0 Å². The normalized spacial score (nSPS) is 19.2. The van der Waals surface area contributed by atoms with E-state index in [1.165, 1.54) is 77.0 Å². The molecule has 4 unspecified atom stereocenters. The Morgan fingerprint density at radius 3 is 1.65 bits per heavy atom. The fourth-order valence-corrected chi connectivity index (χ4v) is 9.80. The Bertz CT molecular complexity index is 3210. The zero-order valence-electron chi connectivity index (χ0n) is 31.5. The number of ether oxygens (including phenoxy) is 2. The summed E-state index contributed by atoms with van der Waals surface area (Å²) >= 11 is 0. The van der Waals surface area contributed by atoms with Crippen molar-refractivity contribution < 1.29 is 9.47 Å². The summed E-state index contributed by atoms with van der Waals surface area (Å²) in [5.74, 6) is 2.39. The fraction of sp³-hybridized carbons (Fsp3) is 0.0943. The van der Waals surface area contributed by atoms with E-state index in [4.69, 9.17) is 9.47 Å². The van der Waals surface area contributed by atoms with Crippen LogP contribution in [0.15, 0.2) is 183 Å². The molecule has 0 bridgehead atoms. The molecule has 4 atom stereocenters. The van der Waals surface area contributed by atoms with E-state index in [2.05, 4.69) is 193 Å². The summed E-state index contributed by atoms with van der Waals surface area (Å²) in [6.07, 6.45) is 10.8. The lowest BCUT2D eigenvalue weighted by Gasteiger charge is -2.14. The van der Waals surface area contributed by atoms with E-state index in [1.54, 1.807) is 0 Å². The van der Waals surface area contributed by atoms with Crippen molar-refractivity contribution in [2.24, 2.45) is 0 Å². The second-order valence-corrected chi connectivity index (χ2v) is 15.7. The van der Waals surface area contributed by atoms with E-state index >= 15 is 0 Å². The average Bonchev–Trinajstić information content (AvgIpc) is 3.99. The average molecular weight is 735 g/mol. The summed E-state index contributed by atoms with van der Waals surface area (Å²) in [7, 11) is 0. The molecule has 0 saturated carbocycles. The molecule has 0 radical (unpaired) electrons. The third-order valence-corrected chi connectivity index (χ3v) is 12.5. The molecule has 4 heteroatoms. The molecule has 4 heterocycles. The number of benzene rings is 7. The molecule has 0 N–H and O–H groups in total. The summed E-state index contributed by atoms with van der Waals surface area (Å²) in [5, 5.41) is 4.93. The molecule has 4 nitrogen and oxygen atoms in total. The summed E-state index contributed by atoms with van der Waals surface area (Å²) in [5.41, 5.74) is 14.2. The van der Waals surface area contributed by atoms with Crippen molar-refractivity contribution in [2.45, 2.75) is 31.0 Å². The van der Waals surface area contributed by atoms with Crippen molar-refractivity contribution in [1.29, 1.82) is 0 Å². The van der Waals surface area contributed by atoms with Crippen molar-refractivity contribution in [2.75, 3.05) is 0 Å². The molecule has 0 amide bonds. The lowest BCUT2D eigenvalue weighted by molar-refractivity contribution is 0.241. The highest BCUT2D eigenvalue weighted by Crippen LogP contribution is 2.45. The summed E-state index contributed by atoms with van der Waals surface area (Å²) in [6, 6.07) is 53.5. The molecule has 12 rings (SSSR count). The van der Waals surface area contributed by atoms with Gasteiger partial charge in [0.25, 0.3) is 0 Å². The van der Waals surface area contributed by atoms with Crippen molar-refractivity contribution in [3.05, 3.63) is 194 Å². The number of hydrogen-bond donors (Lipinski definition) is 0. The third-order valence-electron chi connectivity index (χ3n) is 12.5. The zero-order valence-corrected chi connectivity index (χ0v) is 31.5. The van der Waals surface area contributed by atoms with Crippen LogP contribution in [-0.2, 0) is 0 Å². The minimum Gasteiger partial charge on any atom is -0.489 e. The number of fused-ring (bicyclic) bond motifs is 10. The molecule has 0 fully saturated rings. The smallest absolute Gasteiger partial charge is 0.128 e. The van der Waals surface area contributed by atoms with Gasteiger partial charge < -0.3 is 18.6 Å². The molecule has 0 saturated heterocycles. The van der Waals surface area contributed by atoms with Gasteiger partial charge in [0, 0.05) is 55.9 Å². The Balaban J connectivity index is 0.973. The Labute approximate surface area is 330 Å². The number of allylic oxidation sites excluding steroid dienone is 2. The predicted octanol–water partition coefficient (Wildman–Crippen LogP) is 13.2. The minimum atomic E-state index is 0.0807. The summed E-state index contributed by atoms with van der Waals surface area (Å²) in [4.78, 5) is 0. The van der Waals surface area contributed by atoms with Crippen molar-refractivity contribution >= 4 is 43.6 Å². The van der Waals surface area contributed by atoms with Crippen molar-refractivity contribution in [3.63, 3.8) is 0 Å². The first-order chi connectivity index (χ1) is 28.1. The van der Waals surface area contributed by atoms with Gasteiger partial charge in [-0.15, -0.1) is 6.58 Å². The van der Waals surface area contributed by atoms with Crippen LogP contribution in [0.3, 0.4) is 0 Å². The largest absolute Gasteiger partial charge is 0.489 e. The van der Waals surface area contributed by atoms with Gasteiger partial charge in [-0.05, 0) is 114 Å². The van der Waals surface area contributed by atoms with Gasteiger partial charge >= 0.3 is 0 Å². The van der Waals surface area contributed by atoms with E-state index in [0.29, 0.717) is 0 Å². The van der Waals surface area contributed by atoms with Gasteiger partial charge in [0.15, 0.2) is 0 Å². The number of nitrogens with zero attached hydrogens (tertiary/aromatic N) is 2. The monoisotopic (exact) mass is 734 g/mol. The second kappa shape index (κ2) is 12.2. The van der Waals surface area contributed by atoms with Gasteiger partial charge in [0.05, 0.1) is 22.1 Å². The Hall–Kier alpha value is -7.04. The molecular weight excluding hydrogens is 697 g/mol. The highest BCUT2D eigenvalue weighted by molar-refractivity contribution is 6.12. The van der Waals surface area contributed by atoms with Crippen LogP contribution in [0.4, 0.5) is 0 Å². The van der Waals surface area contributed by atoms with E-state index in [9.17, 15) is 0 Å². The van der Waals surface area contributed by atoms with Gasteiger partial charge in [0.1, 0.15) is 23.7 Å². The molecule has 3 aliphatic rings. The van der Waals surface area contributed by atoms with Crippen LogP contribution >= 0.6 is 0 Å². The van der Waals surface area contributed by atoms with Crippen LogP contribution in [0.2, 0.25) is 0 Å². The van der Waals surface area contributed by atoms with Gasteiger partial charge in [-0.25, -0.2) is 0 Å². The number of rotatable bonds is 5. The molecular formula is C53H38N2O2. The third kappa shape index (κ3) is 4.80. The quantitative estimate of drug-likeness (QED) is 0.165. The molecule has 1 aliphatic carbocycles. The van der Waals surface area contributed by atoms with Crippen LogP contribution in [0, 0.1) is 0 Å². The topological polar surface area (TPSA) is 28.3 Å². The first-order valence-electron chi connectivity index (χ1n) is 19.9. The Morgan fingerprint density at radius 1 is 0.491 bits per heavy atom. The summed E-state index contributed by atoms with van der Waals surface area (Å²) < 4.78 is 17.2. The van der Waals surface area contributed by atoms with Gasteiger partial charge in [-0.2, -0.15) is 0 Å². The molecule has 2 aliphatic heterocycles. The van der Waals surface area contributed by atoms with E-state index in [1.807, 2.05) is 6.08 Å². The van der Waals surface area contributed by atoms with E-state index in [-0.39, 0.29) is 24.0 Å². The highest BCUT2D eigenvalue weighted by atomic mass is 16.5. The second-order valence-electron chi connectivity index (χ2n) is 15.7. The minimum absolute atomic E-state index is 0.0807. The molecule has 9 aromatic rings. The highest BCUT2D eigenvalue weighted by Gasteiger charge is 2.32. The van der Waals surface area contributed by atoms with Crippen molar-refractivity contribution in [1.82, 2.24) is 9.13 Å². The zero-order chi connectivity index (χ0) is 37.8. The molecule has 0 spiro atoms. The maximum Gasteiger partial charge on any atom is 0.128 e. The molecule has 7 aromatic carbocycles. The molecule has 2 aromatic heterocycles. The van der Waals surface area contributed by atoms with Crippen LogP contribution in [-0.4, -0.2) is 21.3 Å².